The van der Waals surface area contributed by atoms with Crippen molar-refractivity contribution < 1.29 is 4.79 Å². The van der Waals surface area contributed by atoms with E-state index in [-0.39, 0.29) is 11.9 Å². The number of carbonyl (C=O) groups excluding carboxylic acids is 1. The van der Waals surface area contributed by atoms with E-state index in [1.54, 1.807) is 0 Å². The Kier molecular flexibility index (Phi) is 2.54. The van der Waals surface area contributed by atoms with Crippen molar-refractivity contribution in [2.45, 2.75) is 38.1 Å². The lowest BCUT2D eigenvalue weighted by Gasteiger charge is -2.38. The standard InChI is InChI=1S/C10H18N2O/c11-10(13)9-5-7-3-1-2-4-8(7)6-12-9/h7-9,12H,1-6H2,(H2,11,13)/t7-,8-,9+/m1/s1. The molecular weight excluding hydrogens is 164 g/mol. The van der Waals surface area contributed by atoms with Crippen LogP contribution in [0.4, 0.5) is 0 Å². The summed E-state index contributed by atoms with van der Waals surface area (Å²) in [6.45, 7) is 0.998. The van der Waals surface area contributed by atoms with Crippen LogP contribution in [-0.2, 0) is 4.79 Å². The number of hydrogen-bond donors (Lipinski definition) is 2. The van der Waals surface area contributed by atoms with Crippen molar-refractivity contribution in [3.8, 4) is 0 Å². The first-order chi connectivity index (χ1) is 6.27. The van der Waals surface area contributed by atoms with Crippen molar-refractivity contribution in [3.05, 3.63) is 0 Å². The van der Waals surface area contributed by atoms with E-state index in [9.17, 15) is 4.79 Å². The Morgan fingerprint density at radius 2 is 1.92 bits per heavy atom. The number of rotatable bonds is 1. The van der Waals surface area contributed by atoms with Crippen molar-refractivity contribution in [2.24, 2.45) is 17.6 Å². The second kappa shape index (κ2) is 3.66. The number of hydrogen-bond acceptors (Lipinski definition) is 2. The summed E-state index contributed by atoms with van der Waals surface area (Å²) in [4.78, 5) is 11.0. The van der Waals surface area contributed by atoms with Gasteiger partial charge in [-0.05, 0) is 31.2 Å². The first-order valence-electron chi connectivity index (χ1n) is 5.30. The average molecular weight is 182 g/mol. The maximum atomic E-state index is 11.0. The average Bonchev–Trinajstić information content (AvgIpc) is 2.17. The van der Waals surface area contributed by atoms with Gasteiger partial charge >= 0.3 is 0 Å². The molecule has 3 heteroatoms. The van der Waals surface area contributed by atoms with Crippen LogP contribution in [0.5, 0.6) is 0 Å². The van der Waals surface area contributed by atoms with Gasteiger partial charge in [-0.15, -0.1) is 0 Å². The van der Waals surface area contributed by atoms with Crippen molar-refractivity contribution in [2.75, 3.05) is 6.54 Å². The molecule has 0 aromatic rings. The lowest BCUT2D eigenvalue weighted by Crippen LogP contribution is -2.51. The number of nitrogens with two attached hydrogens (primary N) is 1. The maximum absolute atomic E-state index is 11.0. The Bertz CT molecular complexity index is 205. The molecule has 0 spiro atoms. The molecule has 2 aliphatic rings. The molecule has 2 rings (SSSR count). The Balaban J connectivity index is 1.95. The molecule has 0 unspecified atom stereocenters. The van der Waals surface area contributed by atoms with E-state index >= 15 is 0 Å². The lowest BCUT2D eigenvalue weighted by molar-refractivity contribution is -0.121. The number of amides is 1. The molecule has 0 aromatic heterocycles. The van der Waals surface area contributed by atoms with E-state index in [4.69, 9.17) is 5.73 Å². The molecular formula is C10H18N2O. The van der Waals surface area contributed by atoms with Gasteiger partial charge in [0.1, 0.15) is 0 Å². The predicted molar refractivity (Wildman–Crippen MR) is 51.1 cm³/mol. The number of piperidine rings is 1. The van der Waals surface area contributed by atoms with E-state index in [0.717, 1.165) is 24.8 Å². The Morgan fingerprint density at radius 1 is 1.23 bits per heavy atom. The normalized spacial score (nSPS) is 39.5. The van der Waals surface area contributed by atoms with Crippen LogP contribution in [0.15, 0.2) is 0 Å². The zero-order valence-corrected chi connectivity index (χ0v) is 7.96. The summed E-state index contributed by atoms with van der Waals surface area (Å²) in [5, 5.41) is 3.24. The zero-order chi connectivity index (χ0) is 9.26. The monoisotopic (exact) mass is 182 g/mol. The van der Waals surface area contributed by atoms with E-state index < -0.39 is 0 Å². The second-order valence-corrected chi connectivity index (χ2v) is 4.40. The topological polar surface area (TPSA) is 55.1 Å². The third kappa shape index (κ3) is 1.85. The minimum atomic E-state index is -0.177. The summed E-state index contributed by atoms with van der Waals surface area (Å²) in [5.41, 5.74) is 5.29. The fourth-order valence-electron chi connectivity index (χ4n) is 2.76. The molecule has 3 atom stereocenters. The van der Waals surface area contributed by atoms with Gasteiger partial charge < -0.3 is 11.1 Å². The Morgan fingerprint density at radius 3 is 2.62 bits per heavy atom. The van der Waals surface area contributed by atoms with Crippen LogP contribution < -0.4 is 11.1 Å². The second-order valence-electron chi connectivity index (χ2n) is 4.40. The van der Waals surface area contributed by atoms with Gasteiger partial charge in [-0.3, -0.25) is 4.79 Å². The first-order valence-corrected chi connectivity index (χ1v) is 5.30. The van der Waals surface area contributed by atoms with Crippen LogP contribution in [0.2, 0.25) is 0 Å². The molecule has 0 radical (unpaired) electrons. The molecule has 1 amide bonds. The lowest BCUT2D eigenvalue weighted by atomic mass is 9.73. The fraction of sp³-hybridized carbons (Fsp3) is 0.900. The number of fused-ring (bicyclic) bond motifs is 1. The minimum Gasteiger partial charge on any atom is -0.368 e. The van der Waals surface area contributed by atoms with Gasteiger partial charge in [0.25, 0.3) is 0 Å². The van der Waals surface area contributed by atoms with Crippen molar-refractivity contribution >= 4 is 5.91 Å². The van der Waals surface area contributed by atoms with Gasteiger partial charge in [0.05, 0.1) is 6.04 Å². The molecule has 13 heavy (non-hydrogen) atoms. The highest BCUT2D eigenvalue weighted by molar-refractivity contribution is 5.79. The molecule has 1 saturated heterocycles. The van der Waals surface area contributed by atoms with Gasteiger partial charge in [-0.1, -0.05) is 19.3 Å². The predicted octanol–water partition coefficient (Wildman–Crippen LogP) is 0.640. The van der Waals surface area contributed by atoms with Crippen LogP contribution in [0.25, 0.3) is 0 Å². The first kappa shape index (κ1) is 9.00. The molecule has 3 N–H and O–H groups in total. The van der Waals surface area contributed by atoms with Crippen LogP contribution in [-0.4, -0.2) is 18.5 Å². The van der Waals surface area contributed by atoms with Gasteiger partial charge in [0, 0.05) is 0 Å². The van der Waals surface area contributed by atoms with Crippen molar-refractivity contribution in [1.82, 2.24) is 5.32 Å². The highest BCUT2D eigenvalue weighted by Crippen LogP contribution is 2.35. The minimum absolute atomic E-state index is 0.0562. The Labute approximate surface area is 79.1 Å². The maximum Gasteiger partial charge on any atom is 0.234 e. The smallest absolute Gasteiger partial charge is 0.234 e. The van der Waals surface area contributed by atoms with Gasteiger partial charge in [-0.25, -0.2) is 0 Å². The fourth-order valence-corrected chi connectivity index (χ4v) is 2.76. The van der Waals surface area contributed by atoms with Gasteiger partial charge in [0.15, 0.2) is 0 Å². The molecule has 1 saturated carbocycles. The summed E-state index contributed by atoms with van der Waals surface area (Å²) in [7, 11) is 0. The van der Waals surface area contributed by atoms with Crippen molar-refractivity contribution in [3.63, 3.8) is 0 Å². The van der Waals surface area contributed by atoms with Gasteiger partial charge in [0.2, 0.25) is 5.91 Å². The van der Waals surface area contributed by atoms with E-state index in [1.807, 2.05) is 0 Å². The summed E-state index contributed by atoms with van der Waals surface area (Å²) < 4.78 is 0. The molecule has 1 aliphatic carbocycles. The molecule has 0 bridgehead atoms. The summed E-state index contributed by atoms with van der Waals surface area (Å²) >= 11 is 0. The summed E-state index contributed by atoms with van der Waals surface area (Å²) in [5.74, 6) is 1.39. The highest BCUT2D eigenvalue weighted by atomic mass is 16.1. The summed E-state index contributed by atoms with van der Waals surface area (Å²) in [6, 6.07) is -0.0562. The zero-order valence-electron chi connectivity index (χ0n) is 7.96. The SMILES string of the molecule is NC(=O)[C@@H]1C[C@H]2CCCC[C@@H]2CN1. The molecule has 1 heterocycles. The third-order valence-corrected chi connectivity index (χ3v) is 3.57. The number of nitrogens with one attached hydrogen (secondary N) is 1. The largest absolute Gasteiger partial charge is 0.368 e. The number of primary amides is 1. The van der Waals surface area contributed by atoms with E-state index in [1.165, 1.54) is 25.7 Å². The molecule has 0 aromatic carbocycles. The molecule has 74 valence electrons. The van der Waals surface area contributed by atoms with Crippen molar-refractivity contribution in [1.29, 1.82) is 0 Å². The van der Waals surface area contributed by atoms with Crippen LogP contribution in [0.3, 0.4) is 0 Å². The summed E-state index contributed by atoms with van der Waals surface area (Å²) in [6.07, 6.45) is 6.32. The van der Waals surface area contributed by atoms with Crippen LogP contribution in [0.1, 0.15) is 32.1 Å². The molecule has 3 nitrogen and oxygen atoms in total. The van der Waals surface area contributed by atoms with Gasteiger partial charge in [-0.2, -0.15) is 0 Å². The Hall–Kier alpha value is -0.570. The van der Waals surface area contributed by atoms with Crippen LogP contribution >= 0.6 is 0 Å². The van der Waals surface area contributed by atoms with E-state index in [0.29, 0.717) is 0 Å². The number of carbonyl (C=O) groups is 1. The molecule has 1 aliphatic heterocycles. The van der Waals surface area contributed by atoms with Crippen LogP contribution in [0, 0.1) is 11.8 Å². The molecule has 2 fully saturated rings. The quantitative estimate of drug-likeness (QED) is 0.625. The highest BCUT2D eigenvalue weighted by Gasteiger charge is 2.33. The van der Waals surface area contributed by atoms with E-state index in [2.05, 4.69) is 5.32 Å². The third-order valence-electron chi connectivity index (χ3n) is 3.57.